The number of carbonyl (C=O) groups excluding carboxylic acids is 1. The first-order chi connectivity index (χ1) is 10.7. The van der Waals surface area contributed by atoms with Gasteiger partial charge in [0.25, 0.3) is 0 Å². The van der Waals surface area contributed by atoms with E-state index in [4.69, 9.17) is 14.2 Å². The molecule has 0 saturated heterocycles. The Kier molecular flexibility index (Phi) is 3.83. The second-order valence-corrected chi connectivity index (χ2v) is 4.86. The van der Waals surface area contributed by atoms with Crippen molar-refractivity contribution in [2.45, 2.75) is 6.61 Å². The van der Waals surface area contributed by atoms with Gasteiger partial charge < -0.3 is 14.2 Å². The number of hydrogen-bond acceptors (Lipinski definition) is 4. The molecular weight excluding hydrogens is 280 g/mol. The number of benzene rings is 2. The number of allylic oxidation sites excluding steroid dienone is 1. The number of carbonyl (C=O) groups is 1. The SMILES string of the molecule is COc1ccc2c(c1OC)CO/C(=C\c1ccccc1)C2=O. The minimum atomic E-state index is -0.147. The second-order valence-electron chi connectivity index (χ2n) is 4.86. The van der Waals surface area contributed by atoms with Crippen molar-refractivity contribution in [1.82, 2.24) is 0 Å². The first kappa shape index (κ1) is 14.2. The van der Waals surface area contributed by atoms with E-state index in [9.17, 15) is 4.79 Å². The highest BCUT2D eigenvalue weighted by molar-refractivity contribution is 6.12. The van der Waals surface area contributed by atoms with Crippen molar-refractivity contribution < 1.29 is 19.0 Å². The van der Waals surface area contributed by atoms with E-state index in [2.05, 4.69) is 0 Å². The number of fused-ring (bicyclic) bond motifs is 1. The molecule has 0 saturated carbocycles. The van der Waals surface area contributed by atoms with Crippen molar-refractivity contribution in [2.24, 2.45) is 0 Å². The Morgan fingerprint density at radius 1 is 1.05 bits per heavy atom. The summed E-state index contributed by atoms with van der Waals surface area (Å²) in [6.07, 6.45) is 1.75. The third kappa shape index (κ3) is 2.44. The molecule has 2 aromatic rings. The van der Waals surface area contributed by atoms with Crippen LogP contribution in [0.2, 0.25) is 0 Å². The number of methoxy groups -OCH3 is 2. The summed E-state index contributed by atoms with van der Waals surface area (Å²) in [5, 5.41) is 0. The molecule has 1 aliphatic heterocycles. The Bertz CT molecular complexity index is 732. The Morgan fingerprint density at radius 3 is 2.50 bits per heavy atom. The van der Waals surface area contributed by atoms with Crippen LogP contribution in [0.5, 0.6) is 11.5 Å². The average molecular weight is 296 g/mol. The van der Waals surface area contributed by atoms with Gasteiger partial charge in [-0.1, -0.05) is 30.3 Å². The van der Waals surface area contributed by atoms with Gasteiger partial charge >= 0.3 is 0 Å². The minimum Gasteiger partial charge on any atom is -0.493 e. The zero-order valence-corrected chi connectivity index (χ0v) is 12.5. The fourth-order valence-electron chi connectivity index (χ4n) is 2.50. The highest BCUT2D eigenvalue weighted by atomic mass is 16.5. The maximum Gasteiger partial charge on any atom is 0.228 e. The molecule has 0 atom stereocenters. The molecule has 4 heteroatoms. The zero-order chi connectivity index (χ0) is 15.5. The lowest BCUT2D eigenvalue weighted by atomic mass is 9.98. The van der Waals surface area contributed by atoms with Crippen LogP contribution in [0.1, 0.15) is 21.5 Å². The topological polar surface area (TPSA) is 44.8 Å². The monoisotopic (exact) mass is 296 g/mol. The van der Waals surface area contributed by atoms with Gasteiger partial charge in [0.1, 0.15) is 6.61 Å². The van der Waals surface area contributed by atoms with Crippen molar-refractivity contribution in [3.05, 3.63) is 64.9 Å². The summed E-state index contributed by atoms with van der Waals surface area (Å²) in [5.41, 5.74) is 2.23. The van der Waals surface area contributed by atoms with Crippen molar-refractivity contribution in [1.29, 1.82) is 0 Å². The third-order valence-corrected chi connectivity index (χ3v) is 3.59. The quantitative estimate of drug-likeness (QED) is 0.814. The number of ether oxygens (including phenoxy) is 3. The molecule has 0 radical (unpaired) electrons. The van der Waals surface area contributed by atoms with Crippen LogP contribution in [0.3, 0.4) is 0 Å². The van der Waals surface area contributed by atoms with Crippen LogP contribution in [-0.2, 0) is 11.3 Å². The molecule has 0 aliphatic carbocycles. The lowest BCUT2D eigenvalue weighted by Gasteiger charge is -2.22. The number of ketones is 1. The molecule has 2 aromatic carbocycles. The zero-order valence-electron chi connectivity index (χ0n) is 12.5. The molecule has 112 valence electrons. The van der Waals surface area contributed by atoms with Gasteiger partial charge in [-0.15, -0.1) is 0 Å². The van der Waals surface area contributed by atoms with Gasteiger partial charge in [0.15, 0.2) is 17.3 Å². The Morgan fingerprint density at radius 2 is 1.82 bits per heavy atom. The molecule has 0 amide bonds. The minimum absolute atomic E-state index is 0.147. The molecule has 0 fully saturated rings. The highest BCUT2D eigenvalue weighted by Crippen LogP contribution is 2.37. The number of Topliss-reactive ketones (excluding diaryl/α,β-unsaturated/α-hetero) is 1. The van der Waals surface area contributed by atoms with Crippen molar-refractivity contribution in [2.75, 3.05) is 14.2 Å². The molecule has 0 N–H and O–H groups in total. The van der Waals surface area contributed by atoms with Gasteiger partial charge in [-0.2, -0.15) is 0 Å². The van der Waals surface area contributed by atoms with E-state index in [1.165, 1.54) is 0 Å². The van der Waals surface area contributed by atoms with Crippen molar-refractivity contribution >= 4 is 11.9 Å². The van der Waals surface area contributed by atoms with E-state index in [1.54, 1.807) is 32.4 Å². The van der Waals surface area contributed by atoms with Crippen LogP contribution < -0.4 is 9.47 Å². The van der Waals surface area contributed by atoms with Gasteiger partial charge in [-0.3, -0.25) is 4.79 Å². The Hall–Kier alpha value is -2.75. The van der Waals surface area contributed by atoms with E-state index < -0.39 is 0 Å². The summed E-state index contributed by atoms with van der Waals surface area (Å²) in [7, 11) is 3.12. The maximum atomic E-state index is 12.6. The van der Waals surface area contributed by atoms with Gasteiger partial charge in [0, 0.05) is 11.1 Å². The fourth-order valence-corrected chi connectivity index (χ4v) is 2.50. The third-order valence-electron chi connectivity index (χ3n) is 3.59. The normalized spacial score (nSPS) is 15.2. The Labute approximate surface area is 128 Å². The smallest absolute Gasteiger partial charge is 0.228 e. The number of rotatable bonds is 3. The lowest BCUT2D eigenvalue weighted by Crippen LogP contribution is -2.17. The molecule has 0 spiro atoms. The largest absolute Gasteiger partial charge is 0.493 e. The first-order valence-corrected chi connectivity index (χ1v) is 6.92. The van der Waals surface area contributed by atoms with Crippen LogP contribution >= 0.6 is 0 Å². The summed E-state index contributed by atoms with van der Waals surface area (Å²) < 4.78 is 16.3. The predicted octanol–water partition coefficient (Wildman–Crippen LogP) is 3.46. The second kappa shape index (κ2) is 5.93. The maximum absolute atomic E-state index is 12.6. The molecule has 0 bridgehead atoms. The average Bonchev–Trinajstić information content (AvgIpc) is 2.57. The van der Waals surface area contributed by atoms with E-state index in [0.717, 1.165) is 11.1 Å². The lowest BCUT2D eigenvalue weighted by molar-refractivity contribution is 0.0866. The Balaban J connectivity index is 2.02. The van der Waals surface area contributed by atoms with E-state index in [-0.39, 0.29) is 12.4 Å². The van der Waals surface area contributed by atoms with Crippen molar-refractivity contribution in [3.8, 4) is 11.5 Å². The van der Waals surface area contributed by atoms with Gasteiger partial charge in [0.05, 0.1) is 14.2 Å². The van der Waals surface area contributed by atoms with Crippen LogP contribution in [-0.4, -0.2) is 20.0 Å². The molecule has 1 heterocycles. The standard InChI is InChI=1S/C18H16O4/c1-20-15-9-8-13-14(18(15)21-2)11-22-16(17(13)19)10-12-6-4-3-5-7-12/h3-10H,11H2,1-2H3/b16-10-. The summed E-state index contributed by atoms with van der Waals surface area (Å²) in [6.45, 7) is 0.278. The van der Waals surface area contributed by atoms with Gasteiger partial charge in [-0.05, 0) is 23.8 Å². The fraction of sp³-hybridized carbons (Fsp3) is 0.167. The molecule has 22 heavy (non-hydrogen) atoms. The summed E-state index contributed by atoms with van der Waals surface area (Å²) in [6, 6.07) is 13.1. The number of hydrogen-bond donors (Lipinski definition) is 0. The van der Waals surface area contributed by atoms with E-state index in [1.807, 2.05) is 30.3 Å². The molecule has 0 unspecified atom stereocenters. The van der Waals surface area contributed by atoms with Crippen LogP contribution in [0, 0.1) is 0 Å². The summed E-state index contributed by atoms with van der Waals surface area (Å²) >= 11 is 0. The van der Waals surface area contributed by atoms with E-state index in [0.29, 0.717) is 22.8 Å². The van der Waals surface area contributed by atoms with Crippen molar-refractivity contribution in [3.63, 3.8) is 0 Å². The van der Waals surface area contributed by atoms with Gasteiger partial charge in [0.2, 0.25) is 5.78 Å². The van der Waals surface area contributed by atoms with Crippen LogP contribution in [0.4, 0.5) is 0 Å². The molecular formula is C18H16O4. The summed E-state index contributed by atoms with van der Waals surface area (Å²) in [4.78, 5) is 12.6. The summed E-state index contributed by atoms with van der Waals surface area (Å²) in [5.74, 6) is 1.33. The molecule has 1 aliphatic rings. The highest BCUT2D eigenvalue weighted by Gasteiger charge is 2.28. The van der Waals surface area contributed by atoms with Crippen LogP contribution in [0.15, 0.2) is 48.2 Å². The van der Waals surface area contributed by atoms with E-state index >= 15 is 0 Å². The molecule has 0 aromatic heterocycles. The van der Waals surface area contributed by atoms with Gasteiger partial charge in [-0.25, -0.2) is 0 Å². The predicted molar refractivity (Wildman–Crippen MR) is 83.1 cm³/mol. The first-order valence-electron chi connectivity index (χ1n) is 6.92. The molecule has 4 nitrogen and oxygen atoms in total. The van der Waals surface area contributed by atoms with Crippen LogP contribution in [0.25, 0.3) is 6.08 Å². The molecule has 3 rings (SSSR count).